The lowest BCUT2D eigenvalue weighted by atomic mass is 10.3. The molecule has 0 aliphatic carbocycles. The van der Waals surface area contributed by atoms with Gasteiger partial charge in [0.2, 0.25) is 0 Å². The summed E-state index contributed by atoms with van der Waals surface area (Å²) in [5.74, 6) is 0. The largest absolute Gasteiger partial charge is 0.351 e. The second-order valence-corrected chi connectivity index (χ2v) is 6.38. The molecule has 2 aromatic heterocycles. The Morgan fingerprint density at radius 2 is 2.28 bits per heavy atom. The van der Waals surface area contributed by atoms with Crippen LogP contribution < -0.4 is 10.2 Å². The minimum Gasteiger partial charge on any atom is -0.351 e. The minimum absolute atomic E-state index is 0.905. The molecule has 0 aliphatic rings. The molecule has 0 aromatic carbocycles. The molecule has 0 radical (unpaired) electrons. The predicted molar refractivity (Wildman–Crippen MR) is 80.9 cm³/mol. The minimum atomic E-state index is 0.905. The molecule has 3 nitrogen and oxygen atoms in total. The van der Waals surface area contributed by atoms with Crippen LogP contribution in [0.25, 0.3) is 0 Å². The van der Waals surface area contributed by atoms with E-state index in [9.17, 15) is 0 Å². The normalized spacial score (nSPS) is 10.8. The molecule has 0 atom stereocenters. The van der Waals surface area contributed by atoms with Crippen LogP contribution in [-0.2, 0) is 13.0 Å². The summed E-state index contributed by atoms with van der Waals surface area (Å²) in [6.45, 7) is 4.01. The maximum atomic E-state index is 4.64. The van der Waals surface area contributed by atoms with Gasteiger partial charge in [-0.3, -0.25) is 0 Å². The fraction of sp³-hybridized carbons (Fsp3) is 0.462. The summed E-state index contributed by atoms with van der Waals surface area (Å²) in [5.41, 5.74) is 1.15. The third kappa shape index (κ3) is 3.31. The molecule has 5 heteroatoms. The molecule has 0 aliphatic heterocycles. The summed E-state index contributed by atoms with van der Waals surface area (Å²) in [5, 5.41) is 6.44. The van der Waals surface area contributed by atoms with Crippen LogP contribution in [0.15, 0.2) is 17.5 Å². The lowest BCUT2D eigenvalue weighted by Gasteiger charge is -2.14. The van der Waals surface area contributed by atoms with E-state index in [1.165, 1.54) is 9.75 Å². The van der Waals surface area contributed by atoms with Gasteiger partial charge in [0.25, 0.3) is 0 Å². The van der Waals surface area contributed by atoms with Crippen molar-refractivity contribution >= 4 is 27.8 Å². The Labute approximate surface area is 116 Å². The van der Waals surface area contributed by atoms with E-state index in [0.29, 0.717) is 0 Å². The van der Waals surface area contributed by atoms with E-state index in [2.05, 4.69) is 46.7 Å². The van der Waals surface area contributed by atoms with E-state index < -0.39 is 0 Å². The number of aromatic nitrogens is 1. The van der Waals surface area contributed by atoms with E-state index in [1.54, 1.807) is 11.3 Å². The van der Waals surface area contributed by atoms with Gasteiger partial charge >= 0.3 is 0 Å². The van der Waals surface area contributed by atoms with Crippen LogP contribution in [0.5, 0.6) is 0 Å². The zero-order valence-corrected chi connectivity index (χ0v) is 12.7. The topological polar surface area (TPSA) is 28.2 Å². The zero-order valence-electron chi connectivity index (χ0n) is 11.1. The molecular weight excluding hydrogens is 262 g/mol. The van der Waals surface area contributed by atoms with Crippen LogP contribution in [-0.4, -0.2) is 25.6 Å². The maximum Gasteiger partial charge on any atom is 0.185 e. The van der Waals surface area contributed by atoms with Crippen LogP contribution in [0.1, 0.15) is 15.4 Å². The monoisotopic (exact) mass is 281 g/mol. The quantitative estimate of drug-likeness (QED) is 0.882. The van der Waals surface area contributed by atoms with E-state index in [0.717, 1.165) is 30.3 Å². The second kappa shape index (κ2) is 6.31. The molecule has 0 amide bonds. The lowest BCUT2D eigenvalue weighted by Crippen LogP contribution is -2.19. The number of rotatable bonds is 6. The summed E-state index contributed by atoms with van der Waals surface area (Å²) < 4.78 is 0. The van der Waals surface area contributed by atoms with Crippen molar-refractivity contribution in [3.63, 3.8) is 0 Å². The highest BCUT2D eigenvalue weighted by Crippen LogP contribution is 2.25. The van der Waals surface area contributed by atoms with Gasteiger partial charge in [0, 0.05) is 29.9 Å². The number of hydrogen-bond donors (Lipinski definition) is 1. The number of anilines is 1. The number of thiazole rings is 1. The summed E-state index contributed by atoms with van der Waals surface area (Å²) in [4.78, 5) is 9.65. The van der Waals surface area contributed by atoms with Crippen molar-refractivity contribution in [2.24, 2.45) is 0 Å². The molecule has 0 spiro atoms. The molecule has 1 N–H and O–H groups in total. The molecule has 2 aromatic rings. The van der Waals surface area contributed by atoms with Gasteiger partial charge in [-0.25, -0.2) is 4.98 Å². The lowest BCUT2D eigenvalue weighted by molar-refractivity contribution is 0.822. The number of nitrogens with zero attached hydrogens (tertiary/aromatic N) is 2. The zero-order chi connectivity index (χ0) is 13.0. The van der Waals surface area contributed by atoms with Gasteiger partial charge in [0.05, 0.1) is 5.69 Å². The number of likely N-dealkylation sites (N-methyl/N-ethyl adjacent to an activating group) is 1. The van der Waals surface area contributed by atoms with E-state index >= 15 is 0 Å². The SMILES string of the molecule is CNCc1sc(N(C)CCc2cccs2)nc1C. The first-order chi connectivity index (χ1) is 8.70. The smallest absolute Gasteiger partial charge is 0.185 e. The Balaban J connectivity index is 1.95. The third-order valence-corrected chi connectivity index (χ3v) is 5.03. The first-order valence-corrected chi connectivity index (χ1v) is 7.74. The van der Waals surface area contributed by atoms with Crippen molar-refractivity contribution in [3.05, 3.63) is 33.0 Å². The van der Waals surface area contributed by atoms with Gasteiger partial charge in [-0.05, 0) is 31.8 Å². The van der Waals surface area contributed by atoms with Crippen molar-refractivity contribution in [3.8, 4) is 0 Å². The first-order valence-electron chi connectivity index (χ1n) is 6.05. The Kier molecular flexibility index (Phi) is 4.74. The maximum absolute atomic E-state index is 4.64. The number of hydrogen-bond acceptors (Lipinski definition) is 5. The summed E-state index contributed by atoms with van der Waals surface area (Å²) in [7, 11) is 4.09. The Morgan fingerprint density at radius 1 is 1.44 bits per heavy atom. The molecule has 98 valence electrons. The molecule has 2 heterocycles. The van der Waals surface area contributed by atoms with Crippen LogP contribution in [0, 0.1) is 6.92 Å². The van der Waals surface area contributed by atoms with Crippen LogP contribution in [0.2, 0.25) is 0 Å². The van der Waals surface area contributed by atoms with E-state index in [4.69, 9.17) is 0 Å². The third-order valence-electron chi connectivity index (χ3n) is 2.82. The van der Waals surface area contributed by atoms with Gasteiger partial charge in [-0.15, -0.1) is 22.7 Å². The average Bonchev–Trinajstić information content (AvgIpc) is 2.97. The Hall–Kier alpha value is -0.910. The van der Waals surface area contributed by atoms with Crippen molar-refractivity contribution in [1.82, 2.24) is 10.3 Å². The highest BCUT2D eigenvalue weighted by Gasteiger charge is 2.10. The molecule has 2 rings (SSSR count). The van der Waals surface area contributed by atoms with E-state index in [-0.39, 0.29) is 0 Å². The van der Waals surface area contributed by atoms with Crippen molar-refractivity contribution in [2.75, 3.05) is 25.5 Å². The Morgan fingerprint density at radius 3 is 2.94 bits per heavy atom. The number of aryl methyl sites for hydroxylation is 1. The van der Waals surface area contributed by atoms with Crippen molar-refractivity contribution < 1.29 is 0 Å². The highest BCUT2D eigenvalue weighted by atomic mass is 32.1. The van der Waals surface area contributed by atoms with Crippen LogP contribution >= 0.6 is 22.7 Å². The molecule has 0 saturated carbocycles. The molecule has 0 bridgehead atoms. The van der Waals surface area contributed by atoms with E-state index in [1.807, 2.05) is 18.4 Å². The number of thiophene rings is 1. The second-order valence-electron chi connectivity index (χ2n) is 4.29. The van der Waals surface area contributed by atoms with Gasteiger partial charge in [-0.2, -0.15) is 0 Å². The van der Waals surface area contributed by atoms with Crippen molar-refractivity contribution in [1.29, 1.82) is 0 Å². The molecule has 18 heavy (non-hydrogen) atoms. The predicted octanol–water partition coefficient (Wildman–Crippen LogP) is 2.91. The molecule has 0 fully saturated rings. The van der Waals surface area contributed by atoms with Gasteiger partial charge < -0.3 is 10.2 Å². The van der Waals surface area contributed by atoms with Crippen LogP contribution in [0.3, 0.4) is 0 Å². The highest BCUT2D eigenvalue weighted by molar-refractivity contribution is 7.15. The first kappa shape index (κ1) is 13.5. The van der Waals surface area contributed by atoms with Crippen LogP contribution in [0.4, 0.5) is 5.13 Å². The fourth-order valence-electron chi connectivity index (χ4n) is 1.73. The fourth-order valence-corrected chi connectivity index (χ4v) is 3.49. The average molecular weight is 281 g/mol. The van der Waals surface area contributed by atoms with Gasteiger partial charge in [0.15, 0.2) is 5.13 Å². The molecular formula is C13H19N3S2. The summed E-state index contributed by atoms with van der Waals surface area (Å²) >= 11 is 3.61. The molecule has 0 saturated heterocycles. The van der Waals surface area contributed by atoms with Crippen molar-refractivity contribution in [2.45, 2.75) is 19.9 Å². The summed E-state index contributed by atoms with van der Waals surface area (Å²) in [6.07, 6.45) is 1.09. The summed E-state index contributed by atoms with van der Waals surface area (Å²) in [6, 6.07) is 4.30. The molecule has 0 unspecified atom stereocenters. The number of nitrogens with one attached hydrogen (secondary N) is 1. The standard InChI is InChI=1S/C13H19N3S2/c1-10-12(9-14-2)18-13(15-10)16(3)7-6-11-5-4-8-17-11/h4-5,8,14H,6-7,9H2,1-3H3. The van der Waals surface area contributed by atoms with Gasteiger partial charge in [0.1, 0.15) is 0 Å². The van der Waals surface area contributed by atoms with Gasteiger partial charge in [-0.1, -0.05) is 6.07 Å². The Bertz CT molecular complexity index is 476.